The molecule has 33 heavy (non-hydrogen) atoms. The number of aromatic nitrogens is 2. The maximum Gasteiger partial charge on any atom is 0.408 e. The third kappa shape index (κ3) is 4.91. The molecule has 0 unspecified atom stereocenters. The van der Waals surface area contributed by atoms with Crippen molar-refractivity contribution in [3.63, 3.8) is 0 Å². The second kappa shape index (κ2) is 9.08. The molecule has 0 fully saturated rings. The van der Waals surface area contributed by atoms with E-state index in [-0.39, 0.29) is 5.56 Å². The number of nitrogens with one attached hydrogen (secondary N) is 1. The van der Waals surface area contributed by atoms with Gasteiger partial charge in [0.1, 0.15) is 17.5 Å². The molecule has 0 aliphatic heterocycles. The molecule has 6 nitrogen and oxygen atoms in total. The smallest absolute Gasteiger partial charge is 0.408 e. The molecule has 0 radical (unpaired) electrons. The molecule has 1 aromatic heterocycles. The maximum atomic E-state index is 13.7. The number of hydrogen-bond acceptors (Lipinski definition) is 4. The summed E-state index contributed by atoms with van der Waals surface area (Å²) < 4.78 is 7.00. The molecule has 168 valence electrons. The summed E-state index contributed by atoms with van der Waals surface area (Å²) >= 11 is 6.38. The summed E-state index contributed by atoms with van der Waals surface area (Å²) in [5, 5.41) is 3.54. The van der Waals surface area contributed by atoms with Crippen LogP contribution in [0.5, 0.6) is 0 Å². The Balaban J connectivity index is 1.99. The SMILES string of the molecule is CC(C)(C)OC(=O)N[C@@H](c1ccccc1)c1nc2cccc(Cl)c2c(=O)n1-c1ccccc1. The predicted octanol–water partition coefficient (Wildman–Crippen LogP) is 5.65. The van der Waals surface area contributed by atoms with Gasteiger partial charge >= 0.3 is 6.09 Å². The minimum atomic E-state index is -0.752. The van der Waals surface area contributed by atoms with Gasteiger partial charge in [0.2, 0.25) is 0 Å². The normalized spacial score (nSPS) is 12.4. The van der Waals surface area contributed by atoms with Crippen LogP contribution in [0.25, 0.3) is 16.6 Å². The lowest BCUT2D eigenvalue weighted by atomic mass is 10.1. The van der Waals surface area contributed by atoms with Gasteiger partial charge in [-0.1, -0.05) is 66.2 Å². The molecule has 0 bridgehead atoms. The molecule has 1 atom stereocenters. The highest BCUT2D eigenvalue weighted by Gasteiger charge is 2.27. The number of fused-ring (bicyclic) bond motifs is 1. The lowest BCUT2D eigenvalue weighted by molar-refractivity contribution is 0.0510. The first kappa shape index (κ1) is 22.6. The highest BCUT2D eigenvalue weighted by atomic mass is 35.5. The third-order valence-corrected chi connectivity index (χ3v) is 5.25. The zero-order valence-electron chi connectivity index (χ0n) is 18.6. The van der Waals surface area contributed by atoms with E-state index in [1.54, 1.807) is 39.0 Å². The number of carbonyl (C=O) groups is 1. The van der Waals surface area contributed by atoms with Gasteiger partial charge in [0.05, 0.1) is 21.6 Å². The van der Waals surface area contributed by atoms with Crippen molar-refractivity contribution >= 4 is 28.6 Å². The van der Waals surface area contributed by atoms with Crippen molar-refractivity contribution in [2.24, 2.45) is 0 Å². The molecule has 0 spiro atoms. The van der Waals surface area contributed by atoms with E-state index in [4.69, 9.17) is 21.3 Å². The fourth-order valence-electron chi connectivity index (χ4n) is 3.59. The second-order valence-corrected chi connectivity index (χ2v) is 8.98. The van der Waals surface area contributed by atoms with E-state index in [0.717, 1.165) is 5.56 Å². The van der Waals surface area contributed by atoms with Crippen LogP contribution < -0.4 is 10.9 Å². The van der Waals surface area contributed by atoms with E-state index in [1.807, 2.05) is 60.7 Å². The summed E-state index contributed by atoms with van der Waals surface area (Å²) in [6.45, 7) is 5.38. The van der Waals surface area contributed by atoms with Crippen LogP contribution >= 0.6 is 11.6 Å². The lowest BCUT2D eigenvalue weighted by Crippen LogP contribution is -2.38. The van der Waals surface area contributed by atoms with E-state index in [1.165, 1.54) is 4.57 Å². The van der Waals surface area contributed by atoms with Crippen molar-refractivity contribution in [2.75, 3.05) is 0 Å². The van der Waals surface area contributed by atoms with Crippen LogP contribution in [0.2, 0.25) is 5.02 Å². The third-order valence-electron chi connectivity index (χ3n) is 4.94. The van der Waals surface area contributed by atoms with Crippen molar-refractivity contribution in [1.29, 1.82) is 0 Å². The molecule has 0 aliphatic rings. The van der Waals surface area contributed by atoms with Gasteiger partial charge in [-0.2, -0.15) is 0 Å². The molecule has 0 aliphatic carbocycles. The second-order valence-electron chi connectivity index (χ2n) is 8.57. The number of halogens is 1. The first-order valence-corrected chi connectivity index (χ1v) is 10.9. The number of hydrogen-bond donors (Lipinski definition) is 1. The highest BCUT2D eigenvalue weighted by Crippen LogP contribution is 2.26. The van der Waals surface area contributed by atoms with Gasteiger partial charge in [-0.3, -0.25) is 9.36 Å². The van der Waals surface area contributed by atoms with Gasteiger partial charge in [0.25, 0.3) is 5.56 Å². The summed E-state index contributed by atoms with van der Waals surface area (Å²) in [6, 6.07) is 22.9. The summed E-state index contributed by atoms with van der Waals surface area (Å²) in [5.41, 5.74) is 0.801. The van der Waals surface area contributed by atoms with Crippen molar-refractivity contribution in [2.45, 2.75) is 32.4 Å². The predicted molar refractivity (Wildman–Crippen MR) is 130 cm³/mol. The van der Waals surface area contributed by atoms with Gasteiger partial charge in [-0.05, 0) is 50.6 Å². The topological polar surface area (TPSA) is 73.2 Å². The molecule has 4 rings (SSSR count). The van der Waals surface area contributed by atoms with E-state index in [9.17, 15) is 9.59 Å². The highest BCUT2D eigenvalue weighted by molar-refractivity contribution is 6.35. The zero-order valence-corrected chi connectivity index (χ0v) is 19.3. The fraction of sp³-hybridized carbons (Fsp3) is 0.192. The van der Waals surface area contributed by atoms with E-state index < -0.39 is 17.7 Å². The Hall–Kier alpha value is -3.64. The molecule has 3 aromatic carbocycles. The Labute approximate surface area is 196 Å². The maximum absolute atomic E-state index is 13.7. The van der Waals surface area contributed by atoms with E-state index in [2.05, 4.69) is 5.32 Å². The standard InChI is InChI=1S/C26H24ClN3O3/c1-26(2,3)33-25(32)29-22(17-11-6-4-7-12-17)23-28-20-16-10-15-19(27)21(20)24(31)30(23)18-13-8-5-9-14-18/h4-16,22H,1-3H3,(H,29,32)/t22-/m0/s1. The zero-order chi connectivity index (χ0) is 23.6. The Morgan fingerprint density at radius 2 is 1.61 bits per heavy atom. The van der Waals surface area contributed by atoms with Crippen LogP contribution in [-0.4, -0.2) is 21.2 Å². The number of benzene rings is 3. The average Bonchev–Trinajstić information content (AvgIpc) is 2.77. The Morgan fingerprint density at radius 1 is 0.970 bits per heavy atom. The van der Waals surface area contributed by atoms with Crippen LogP contribution in [0.15, 0.2) is 83.7 Å². The molecule has 1 N–H and O–H groups in total. The monoisotopic (exact) mass is 461 g/mol. The molecular weight excluding hydrogens is 438 g/mol. The summed E-state index contributed by atoms with van der Waals surface area (Å²) in [5.74, 6) is 0.345. The summed E-state index contributed by atoms with van der Waals surface area (Å²) in [4.78, 5) is 31.3. The van der Waals surface area contributed by atoms with Crippen molar-refractivity contribution in [3.8, 4) is 5.69 Å². The number of nitrogens with zero attached hydrogens (tertiary/aromatic N) is 2. The van der Waals surface area contributed by atoms with E-state index in [0.29, 0.717) is 27.4 Å². The first-order chi connectivity index (χ1) is 15.7. The number of carbonyl (C=O) groups excluding carboxylic acids is 1. The Morgan fingerprint density at radius 3 is 2.24 bits per heavy atom. The minimum absolute atomic E-state index is 0.316. The van der Waals surface area contributed by atoms with Gasteiger partial charge in [0, 0.05) is 0 Å². The number of alkyl carbamates (subject to hydrolysis) is 1. The van der Waals surface area contributed by atoms with Crippen LogP contribution in [0.3, 0.4) is 0 Å². The molecule has 1 heterocycles. The van der Waals surface area contributed by atoms with Crippen LogP contribution in [0.1, 0.15) is 38.2 Å². The first-order valence-electron chi connectivity index (χ1n) is 10.6. The number of para-hydroxylation sites is 1. The van der Waals surface area contributed by atoms with Crippen molar-refractivity contribution in [3.05, 3.63) is 106 Å². The lowest BCUT2D eigenvalue weighted by Gasteiger charge is -2.25. The Bertz CT molecular complexity index is 1350. The molecule has 4 aromatic rings. The van der Waals surface area contributed by atoms with Crippen molar-refractivity contribution in [1.82, 2.24) is 14.9 Å². The quantitative estimate of drug-likeness (QED) is 0.426. The Kier molecular flexibility index (Phi) is 6.20. The molecule has 0 saturated heterocycles. The fourth-order valence-corrected chi connectivity index (χ4v) is 3.85. The summed E-state index contributed by atoms with van der Waals surface area (Å²) in [6.07, 6.45) is -0.614. The molecule has 7 heteroatoms. The van der Waals surface area contributed by atoms with Gasteiger partial charge in [0.15, 0.2) is 0 Å². The number of amides is 1. The molecule has 1 amide bonds. The summed E-state index contributed by atoms with van der Waals surface area (Å²) in [7, 11) is 0. The van der Waals surface area contributed by atoms with Gasteiger partial charge in [-0.25, -0.2) is 9.78 Å². The molecule has 0 saturated carbocycles. The number of ether oxygens (including phenoxy) is 1. The molecular formula is C26H24ClN3O3. The van der Waals surface area contributed by atoms with Gasteiger partial charge < -0.3 is 10.1 Å². The largest absolute Gasteiger partial charge is 0.444 e. The van der Waals surface area contributed by atoms with Crippen LogP contribution in [-0.2, 0) is 4.74 Å². The number of rotatable bonds is 4. The minimum Gasteiger partial charge on any atom is -0.444 e. The van der Waals surface area contributed by atoms with E-state index >= 15 is 0 Å². The average molecular weight is 462 g/mol. The van der Waals surface area contributed by atoms with Crippen molar-refractivity contribution < 1.29 is 9.53 Å². The van der Waals surface area contributed by atoms with Crippen LogP contribution in [0.4, 0.5) is 4.79 Å². The van der Waals surface area contributed by atoms with Crippen LogP contribution in [0, 0.1) is 0 Å². The van der Waals surface area contributed by atoms with Gasteiger partial charge in [-0.15, -0.1) is 0 Å².